The number of hydrogen-bond donors (Lipinski definition) is 0. The molecular weight excluding hydrogens is 450 g/mol. The number of aromatic nitrogens is 1. The second kappa shape index (κ2) is 8.58. The van der Waals surface area contributed by atoms with Crippen molar-refractivity contribution in [3.05, 3.63) is 78.0 Å². The largest absolute Gasteiger partial charge is 1.00 e. The molecule has 0 unspecified atom stereocenters. The van der Waals surface area contributed by atoms with Crippen LogP contribution in [0.4, 0.5) is 0 Å². The monoisotopic (exact) mass is 473 g/mol. The van der Waals surface area contributed by atoms with E-state index in [9.17, 15) is 0 Å². The van der Waals surface area contributed by atoms with Crippen molar-refractivity contribution in [1.29, 1.82) is 0 Å². The van der Waals surface area contributed by atoms with E-state index in [1.807, 2.05) is 12.1 Å². The summed E-state index contributed by atoms with van der Waals surface area (Å²) in [4.78, 5) is 0. The van der Waals surface area contributed by atoms with Gasteiger partial charge in [-0.15, -0.1) is 0 Å². The maximum Gasteiger partial charge on any atom is 0.231 e. The van der Waals surface area contributed by atoms with Crippen LogP contribution in [0.1, 0.15) is 11.1 Å². The minimum atomic E-state index is 0. The van der Waals surface area contributed by atoms with Crippen molar-refractivity contribution in [2.75, 3.05) is 21.0 Å². The zero-order chi connectivity index (χ0) is 22.5. The van der Waals surface area contributed by atoms with Crippen LogP contribution in [0.3, 0.4) is 0 Å². The maximum absolute atomic E-state index is 5.85. The van der Waals surface area contributed by atoms with Crippen LogP contribution in [0.2, 0.25) is 0 Å². The first-order chi connectivity index (χ1) is 16.2. The van der Waals surface area contributed by atoms with Gasteiger partial charge in [-0.05, 0) is 35.2 Å². The van der Waals surface area contributed by atoms with Crippen molar-refractivity contribution in [2.45, 2.75) is 6.42 Å². The molecule has 1 aromatic heterocycles. The molecule has 0 saturated carbocycles. The molecule has 0 radical (unpaired) electrons. The van der Waals surface area contributed by atoms with Crippen molar-refractivity contribution < 1.29 is 35.9 Å². The lowest BCUT2D eigenvalue weighted by Crippen LogP contribution is -3.00. The summed E-state index contributed by atoms with van der Waals surface area (Å²) in [5.41, 5.74) is 3.47. The number of nitrogens with zero attached hydrogens (tertiary/aromatic N) is 1. The third-order valence-electron chi connectivity index (χ3n) is 6.51. The van der Waals surface area contributed by atoms with Crippen LogP contribution in [-0.2, 0) is 13.5 Å². The Kier molecular flexibility index (Phi) is 5.58. The summed E-state index contributed by atoms with van der Waals surface area (Å²) < 4.78 is 25.2. The molecule has 172 valence electrons. The second-order valence-electron chi connectivity index (χ2n) is 8.31. The summed E-state index contributed by atoms with van der Waals surface area (Å²) in [5, 5.41) is 5.61. The molecule has 0 amide bonds. The molecule has 2 heterocycles. The van der Waals surface area contributed by atoms with Crippen LogP contribution in [0.15, 0.2) is 66.9 Å². The van der Waals surface area contributed by atoms with Crippen LogP contribution >= 0.6 is 0 Å². The Morgan fingerprint density at radius 3 is 2.35 bits per heavy atom. The Morgan fingerprint density at radius 2 is 1.59 bits per heavy atom. The highest BCUT2D eigenvalue weighted by molar-refractivity contribution is 6.16. The Morgan fingerprint density at radius 1 is 0.824 bits per heavy atom. The summed E-state index contributed by atoms with van der Waals surface area (Å²) in [6.07, 6.45) is 2.87. The zero-order valence-electron chi connectivity index (χ0n) is 19.2. The molecule has 0 spiro atoms. The normalized spacial score (nSPS) is 12.2. The molecule has 0 fully saturated rings. The molecule has 0 N–H and O–H groups in total. The first-order valence-electron chi connectivity index (χ1n) is 10.9. The van der Waals surface area contributed by atoms with E-state index in [0.29, 0.717) is 0 Å². The highest BCUT2D eigenvalue weighted by Gasteiger charge is 2.25. The van der Waals surface area contributed by atoms with Crippen LogP contribution in [0.25, 0.3) is 32.4 Å². The van der Waals surface area contributed by atoms with Crippen molar-refractivity contribution in [3.8, 4) is 23.0 Å². The van der Waals surface area contributed by atoms with Gasteiger partial charge in [0.15, 0.2) is 29.2 Å². The predicted molar refractivity (Wildman–Crippen MR) is 129 cm³/mol. The molecule has 1 aliphatic heterocycles. The third kappa shape index (κ3) is 3.27. The number of benzene rings is 4. The van der Waals surface area contributed by atoms with Crippen LogP contribution in [0, 0.1) is 0 Å². The number of hydrogen-bond acceptors (Lipinski definition) is 4. The predicted octanol–water partition coefficient (Wildman–Crippen LogP) is 2.31. The van der Waals surface area contributed by atoms with E-state index in [-0.39, 0.29) is 19.2 Å². The molecule has 34 heavy (non-hydrogen) atoms. The first-order valence-corrected chi connectivity index (χ1v) is 10.9. The van der Waals surface area contributed by atoms with Gasteiger partial charge >= 0.3 is 0 Å². The summed E-state index contributed by atoms with van der Waals surface area (Å²) in [6.45, 7) is 0.258. The van der Waals surface area contributed by atoms with Crippen molar-refractivity contribution in [3.63, 3.8) is 0 Å². The molecule has 0 bridgehead atoms. The van der Waals surface area contributed by atoms with Gasteiger partial charge in [0, 0.05) is 17.4 Å². The molecule has 6 rings (SSSR count). The van der Waals surface area contributed by atoms with E-state index in [1.165, 1.54) is 5.56 Å². The molecular formula is C28H24ClNO4. The number of pyridine rings is 1. The number of rotatable bonds is 4. The van der Waals surface area contributed by atoms with Crippen molar-refractivity contribution >= 4 is 32.4 Å². The SMILES string of the molecule is COc1cc2c(ccc3c4ccc5c(c4c[n+](C)c23)OCO5)c(Cc2ccccc2)c1OC.[Cl-]. The van der Waals surface area contributed by atoms with E-state index >= 15 is 0 Å². The Labute approximate surface area is 203 Å². The summed E-state index contributed by atoms with van der Waals surface area (Å²) in [6, 6.07) is 21.0. The topological polar surface area (TPSA) is 40.8 Å². The van der Waals surface area contributed by atoms with Gasteiger partial charge in [0.25, 0.3) is 0 Å². The average molecular weight is 474 g/mol. The number of methoxy groups -OCH3 is 2. The van der Waals surface area contributed by atoms with Gasteiger partial charge in [-0.3, -0.25) is 0 Å². The minimum Gasteiger partial charge on any atom is -1.00 e. The van der Waals surface area contributed by atoms with Gasteiger partial charge in [-0.25, -0.2) is 0 Å². The Balaban J connectivity index is 0.00000241. The fourth-order valence-corrected chi connectivity index (χ4v) is 5.05. The van der Waals surface area contributed by atoms with E-state index in [1.54, 1.807) is 14.2 Å². The molecule has 1 aliphatic rings. The molecule has 5 nitrogen and oxygen atoms in total. The molecule has 0 saturated heterocycles. The standard InChI is InChI=1S/C28H24NO4.ClH/c1-29-15-23-18(11-12-24-28(23)33-16-32-24)20-10-9-19-21(26(20)29)14-25(30-2)27(31-3)22(19)13-17-7-5-4-6-8-17;/h4-12,14-15H,13,16H2,1-3H3;1H/q+1;/p-1. The fraction of sp³-hybridized carbons (Fsp3) is 0.179. The van der Waals surface area contributed by atoms with Crippen LogP contribution < -0.4 is 35.9 Å². The molecule has 0 aliphatic carbocycles. The van der Waals surface area contributed by atoms with E-state index in [4.69, 9.17) is 18.9 Å². The quantitative estimate of drug-likeness (QED) is 0.297. The summed E-state index contributed by atoms with van der Waals surface area (Å²) in [5.74, 6) is 3.11. The Hall–Kier alpha value is -3.70. The highest BCUT2D eigenvalue weighted by Crippen LogP contribution is 2.44. The van der Waals surface area contributed by atoms with Crippen molar-refractivity contribution in [2.24, 2.45) is 7.05 Å². The lowest BCUT2D eigenvalue weighted by atomic mass is 9.93. The van der Waals surface area contributed by atoms with Gasteiger partial charge in [-0.1, -0.05) is 36.4 Å². The van der Waals surface area contributed by atoms with E-state index in [0.717, 1.165) is 67.4 Å². The molecule has 6 heteroatoms. The zero-order valence-corrected chi connectivity index (χ0v) is 20.0. The number of fused-ring (bicyclic) bond motifs is 7. The smallest absolute Gasteiger partial charge is 0.231 e. The first kappa shape index (κ1) is 22.1. The Bertz CT molecular complexity index is 1550. The number of ether oxygens (including phenoxy) is 4. The highest BCUT2D eigenvalue weighted by atomic mass is 35.5. The maximum atomic E-state index is 5.85. The molecule has 5 aromatic rings. The lowest BCUT2D eigenvalue weighted by molar-refractivity contribution is -0.642. The molecule has 0 atom stereocenters. The van der Waals surface area contributed by atoms with Crippen LogP contribution in [0.5, 0.6) is 23.0 Å². The average Bonchev–Trinajstić information content (AvgIpc) is 3.33. The minimum absolute atomic E-state index is 0. The number of halogens is 1. The van der Waals surface area contributed by atoms with E-state index in [2.05, 4.69) is 66.3 Å². The summed E-state index contributed by atoms with van der Waals surface area (Å²) in [7, 11) is 5.47. The fourth-order valence-electron chi connectivity index (χ4n) is 5.05. The van der Waals surface area contributed by atoms with Gasteiger partial charge in [0.1, 0.15) is 7.05 Å². The lowest BCUT2D eigenvalue weighted by Gasteiger charge is -2.17. The van der Waals surface area contributed by atoms with Gasteiger partial charge in [-0.2, -0.15) is 4.57 Å². The van der Waals surface area contributed by atoms with Gasteiger partial charge in [0.2, 0.25) is 12.3 Å². The molecule has 4 aromatic carbocycles. The second-order valence-corrected chi connectivity index (χ2v) is 8.31. The van der Waals surface area contributed by atoms with Gasteiger partial charge < -0.3 is 31.4 Å². The summed E-state index contributed by atoms with van der Waals surface area (Å²) >= 11 is 0. The van der Waals surface area contributed by atoms with Crippen LogP contribution in [-0.4, -0.2) is 21.0 Å². The van der Waals surface area contributed by atoms with Gasteiger partial charge in [0.05, 0.1) is 30.4 Å². The van der Waals surface area contributed by atoms with E-state index < -0.39 is 0 Å². The van der Waals surface area contributed by atoms with Crippen molar-refractivity contribution in [1.82, 2.24) is 0 Å². The number of aryl methyl sites for hydroxylation is 1. The third-order valence-corrected chi connectivity index (χ3v) is 6.51.